The highest BCUT2D eigenvalue weighted by Gasteiger charge is 2.18. The molecule has 0 bridgehead atoms. The molecule has 1 aliphatic rings. The molecule has 4 rings (SSSR count). The van der Waals surface area contributed by atoms with Crippen LogP contribution in [0.5, 0.6) is 5.75 Å². The van der Waals surface area contributed by atoms with Crippen LogP contribution in [0.2, 0.25) is 0 Å². The minimum Gasteiger partial charge on any atom is -0.395 e. The zero-order valence-corrected chi connectivity index (χ0v) is 23.4. The first-order chi connectivity index (χ1) is 17.9. The van der Waals surface area contributed by atoms with E-state index in [0.29, 0.717) is 42.6 Å². The summed E-state index contributed by atoms with van der Waals surface area (Å²) in [6.45, 7) is 3.94. The van der Waals surface area contributed by atoms with Gasteiger partial charge in [-0.05, 0) is 74.7 Å². The number of nitrogens with zero attached hydrogens (tertiary/aromatic N) is 1. The zero-order valence-electron chi connectivity index (χ0n) is 20.9. The molecule has 2 heterocycles. The summed E-state index contributed by atoms with van der Waals surface area (Å²) in [5, 5.41) is 21.7. The van der Waals surface area contributed by atoms with Gasteiger partial charge in [0, 0.05) is 37.8 Å². The number of fused-ring (bicyclic) bond motifs is 1. The Hall–Kier alpha value is -2.48. The fourth-order valence-corrected chi connectivity index (χ4v) is 5.94. The summed E-state index contributed by atoms with van der Waals surface area (Å²) < 4.78 is 31.6. The van der Waals surface area contributed by atoms with Crippen molar-refractivity contribution in [1.82, 2.24) is 15.6 Å². The van der Waals surface area contributed by atoms with Crippen LogP contribution in [-0.2, 0) is 14.9 Å². The Balaban J connectivity index is 0.00000400. The van der Waals surface area contributed by atoms with E-state index in [1.807, 2.05) is 0 Å². The number of aliphatic hydroxyl groups is 1. The van der Waals surface area contributed by atoms with Crippen molar-refractivity contribution in [2.24, 2.45) is 5.92 Å². The summed E-state index contributed by atoms with van der Waals surface area (Å²) in [4.78, 5) is 16.9. The molecular formula is C25H34ClN5O5S2. The van der Waals surface area contributed by atoms with Gasteiger partial charge in [-0.2, -0.15) is 8.42 Å². The molecule has 1 amide bonds. The van der Waals surface area contributed by atoms with Crippen molar-refractivity contribution in [2.45, 2.75) is 30.6 Å². The summed E-state index contributed by atoms with van der Waals surface area (Å²) in [6.07, 6.45) is 3.53. The molecule has 1 aliphatic heterocycles. The quantitative estimate of drug-likeness (QED) is 0.151. The second-order valence-electron chi connectivity index (χ2n) is 8.89. The lowest BCUT2D eigenvalue weighted by Gasteiger charge is -2.21. The summed E-state index contributed by atoms with van der Waals surface area (Å²) in [7, 11) is -4.02. The van der Waals surface area contributed by atoms with Gasteiger partial charge in [-0.1, -0.05) is 11.3 Å². The Morgan fingerprint density at radius 2 is 1.87 bits per heavy atom. The second kappa shape index (κ2) is 14.6. The number of aromatic nitrogens is 1. The molecule has 0 aliphatic carbocycles. The molecule has 1 fully saturated rings. The van der Waals surface area contributed by atoms with Crippen LogP contribution in [0.3, 0.4) is 0 Å². The highest BCUT2D eigenvalue weighted by molar-refractivity contribution is 7.87. The molecule has 38 heavy (non-hydrogen) atoms. The van der Waals surface area contributed by atoms with Crippen LogP contribution in [-0.4, -0.2) is 63.7 Å². The van der Waals surface area contributed by atoms with E-state index in [4.69, 9.17) is 9.29 Å². The van der Waals surface area contributed by atoms with Crippen molar-refractivity contribution in [3.05, 3.63) is 42.5 Å². The molecule has 0 spiro atoms. The van der Waals surface area contributed by atoms with E-state index < -0.39 is 10.1 Å². The highest BCUT2D eigenvalue weighted by atomic mass is 35.5. The molecule has 3 aromatic rings. The first-order valence-corrected chi connectivity index (χ1v) is 14.7. The zero-order chi connectivity index (χ0) is 26.1. The first kappa shape index (κ1) is 30.1. The molecular weight excluding hydrogens is 550 g/mol. The van der Waals surface area contributed by atoms with Crippen LogP contribution in [0, 0.1) is 5.92 Å². The lowest BCUT2D eigenvalue weighted by Crippen LogP contribution is -2.28. The smallest absolute Gasteiger partial charge is 0.339 e. The number of benzene rings is 2. The Bertz CT molecular complexity index is 1280. The average molecular weight is 584 g/mol. The van der Waals surface area contributed by atoms with Crippen LogP contribution in [0.25, 0.3) is 10.2 Å². The molecule has 208 valence electrons. The van der Waals surface area contributed by atoms with Gasteiger partial charge < -0.3 is 30.6 Å². The topological polar surface area (TPSA) is 142 Å². The van der Waals surface area contributed by atoms with Crippen molar-refractivity contribution in [1.29, 1.82) is 0 Å². The largest absolute Gasteiger partial charge is 0.395 e. The van der Waals surface area contributed by atoms with Crippen LogP contribution in [0.4, 0.5) is 10.8 Å². The summed E-state index contributed by atoms with van der Waals surface area (Å²) >= 11 is 1.28. The van der Waals surface area contributed by atoms with Gasteiger partial charge in [-0.3, -0.25) is 4.79 Å². The van der Waals surface area contributed by atoms with Crippen LogP contribution in [0.15, 0.2) is 47.4 Å². The number of hydrogen-bond acceptors (Lipinski definition) is 10. The van der Waals surface area contributed by atoms with Gasteiger partial charge in [0.05, 0.1) is 16.8 Å². The third kappa shape index (κ3) is 8.79. The number of anilines is 2. The van der Waals surface area contributed by atoms with Gasteiger partial charge in [0.15, 0.2) is 5.13 Å². The maximum atomic E-state index is 12.8. The first-order valence-electron chi connectivity index (χ1n) is 12.4. The Morgan fingerprint density at radius 3 is 2.61 bits per heavy atom. The summed E-state index contributed by atoms with van der Waals surface area (Å²) in [5.74, 6) is 0.698. The molecule has 0 unspecified atom stereocenters. The van der Waals surface area contributed by atoms with Gasteiger partial charge in [-0.15, -0.1) is 12.4 Å². The number of carbonyl (C=O) groups is 1. The maximum absolute atomic E-state index is 12.8. The fourth-order valence-electron chi connectivity index (χ4n) is 4.11. The predicted molar refractivity (Wildman–Crippen MR) is 153 cm³/mol. The van der Waals surface area contributed by atoms with Gasteiger partial charge in [-0.25, -0.2) is 4.98 Å². The number of piperidine rings is 1. The molecule has 2 aromatic carbocycles. The fraction of sp³-hybridized carbons (Fsp3) is 0.440. The molecule has 0 saturated carbocycles. The van der Waals surface area contributed by atoms with Gasteiger partial charge in [0.25, 0.3) is 0 Å². The standard InChI is InChI=1S/C25H33N5O5S2.ClH/c31-16-15-27-13-14-28-19-2-5-21(6-3-19)37(33,34)35-20-4-7-22-23(17-20)36-25(29-22)30-24(32)8-1-18-9-11-26-12-10-18;/h2-7,17-18,26-28,31H,1,8-16H2,(H,29,30,32);1H. The van der Waals surface area contributed by atoms with E-state index in [2.05, 4.69) is 26.3 Å². The van der Waals surface area contributed by atoms with Crippen molar-refractivity contribution in [3.8, 4) is 5.75 Å². The van der Waals surface area contributed by atoms with E-state index in [1.54, 1.807) is 30.3 Å². The molecule has 1 saturated heterocycles. The number of hydrogen-bond donors (Lipinski definition) is 5. The number of halogens is 1. The molecule has 13 heteroatoms. The molecule has 0 radical (unpaired) electrons. The third-order valence-corrected chi connectivity index (χ3v) is 8.31. The van der Waals surface area contributed by atoms with E-state index in [9.17, 15) is 13.2 Å². The van der Waals surface area contributed by atoms with Crippen LogP contribution in [0.1, 0.15) is 25.7 Å². The van der Waals surface area contributed by atoms with Crippen LogP contribution >= 0.6 is 23.7 Å². The van der Waals surface area contributed by atoms with Crippen LogP contribution < -0.4 is 25.5 Å². The highest BCUT2D eigenvalue weighted by Crippen LogP contribution is 2.31. The van der Waals surface area contributed by atoms with Crippen molar-refractivity contribution in [3.63, 3.8) is 0 Å². The predicted octanol–water partition coefficient (Wildman–Crippen LogP) is 3.20. The number of thiazole rings is 1. The molecule has 5 N–H and O–H groups in total. The Kier molecular flexibility index (Phi) is 11.6. The Labute approximate surface area is 233 Å². The minimum absolute atomic E-state index is 0. The van der Waals surface area contributed by atoms with Crippen molar-refractivity contribution < 1.29 is 22.5 Å². The summed E-state index contributed by atoms with van der Waals surface area (Å²) in [6, 6.07) is 11.2. The van der Waals surface area contributed by atoms with E-state index >= 15 is 0 Å². The monoisotopic (exact) mass is 583 g/mol. The van der Waals surface area contributed by atoms with Gasteiger partial charge in [0.2, 0.25) is 5.91 Å². The van der Waals surface area contributed by atoms with E-state index in [-0.39, 0.29) is 35.6 Å². The van der Waals surface area contributed by atoms with E-state index in [1.165, 1.54) is 23.5 Å². The summed E-state index contributed by atoms with van der Waals surface area (Å²) in [5.41, 5.74) is 1.44. The Morgan fingerprint density at radius 1 is 1.11 bits per heavy atom. The SMILES string of the molecule is Cl.O=C(CCC1CCNCC1)Nc1nc2ccc(OS(=O)(=O)c3ccc(NCCNCCO)cc3)cc2s1. The lowest BCUT2D eigenvalue weighted by atomic mass is 9.93. The normalized spacial score (nSPS) is 14.1. The molecule has 10 nitrogen and oxygen atoms in total. The van der Waals surface area contributed by atoms with Crippen molar-refractivity contribution >= 4 is 60.8 Å². The van der Waals surface area contributed by atoms with Gasteiger partial charge >= 0.3 is 10.1 Å². The molecule has 0 atom stereocenters. The van der Waals surface area contributed by atoms with Crippen molar-refractivity contribution in [2.75, 3.05) is 50.0 Å². The third-order valence-electron chi connectivity index (χ3n) is 6.11. The number of aliphatic hydroxyl groups excluding tert-OH is 1. The maximum Gasteiger partial charge on any atom is 0.339 e. The van der Waals surface area contributed by atoms with Gasteiger partial charge in [0.1, 0.15) is 10.6 Å². The number of amides is 1. The number of carbonyl (C=O) groups excluding carboxylic acids is 1. The average Bonchev–Trinajstić information content (AvgIpc) is 3.29. The number of rotatable bonds is 13. The minimum atomic E-state index is -4.02. The number of nitrogens with one attached hydrogen (secondary N) is 4. The molecule has 1 aromatic heterocycles. The lowest BCUT2D eigenvalue weighted by molar-refractivity contribution is -0.116. The second-order valence-corrected chi connectivity index (χ2v) is 11.5. The van der Waals surface area contributed by atoms with E-state index in [0.717, 1.165) is 42.7 Å².